The van der Waals surface area contributed by atoms with Gasteiger partial charge in [-0.3, -0.25) is 9.59 Å². The predicted molar refractivity (Wildman–Crippen MR) is 117 cm³/mol. The summed E-state index contributed by atoms with van der Waals surface area (Å²) in [4.78, 5) is 52.3. The van der Waals surface area contributed by atoms with Gasteiger partial charge in [-0.25, -0.2) is 9.59 Å². The van der Waals surface area contributed by atoms with Crippen molar-refractivity contribution in [1.29, 1.82) is 0 Å². The lowest BCUT2D eigenvalue weighted by molar-refractivity contribution is 0.0472. The number of nitrogens with one attached hydrogen (secondary N) is 1. The van der Waals surface area contributed by atoms with E-state index in [1.54, 1.807) is 45.0 Å². The minimum atomic E-state index is -0.691. The first-order valence-electron chi connectivity index (χ1n) is 10.1. The molecule has 2 aromatic carbocycles. The van der Waals surface area contributed by atoms with Gasteiger partial charge >= 0.3 is 11.9 Å². The minimum Gasteiger partial charge on any atom is -0.462 e. The highest BCUT2D eigenvalue weighted by atomic mass is 16.5. The van der Waals surface area contributed by atoms with Crippen LogP contribution < -0.4 is 0 Å². The molecule has 7 nitrogen and oxygen atoms in total. The minimum absolute atomic E-state index is 0.157. The molecule has 0 aliphatic rings. The number of ether oxygens (including phenoxy) is 2. The van der Waals surface area contributed by atoms with Crippen LogP contribution in [-0.4, -0.2) is 41.7 Å². The van der Waals surface area contributed by atoms with E-state index in [9.17, 15) is 19.2 Å². The summed E-state index contributed by atoms with van der Waals surface area (Å²) in [6, 6.07) is 14.8. The second-order valence-electron chi connectivity index (χ2n) is 7.12. The van der Waals surface area contributed by atoms with Gasteiger partial charge in [0.2, 0.25) is 5.78 Å². The number of ketones is 2. The Morgan fingerprint density at radius 1 is 0.781 bits per heavy atom. The van der Waals surface area contributed by atoms with Crippen molar-refractivity contribution < 1.29 is 28.7 Å². The molecule has 0 aliphatic carbocycles. The van der Waals surface area contributed by atoms with Gasteiger partial charge in [-0.05, 0) is 38.5 Å². The lowest BCUT2D eigenvalue weighted by atomic mass is 10.0. The van der Waals surface area contributed by atoms with E-state index in [-0.39, 0.29) is 23.6 Å². The van der Waals surface area contributed by atoms with Gasteiger partial charge in [0.25, 0.3) is 0 Å². The quantitative estimate of drug-likeness (QED) is 0.424. The summed E-state index contributed by atoms with van der Waals surface area (Å²) in [5, 5.41) is 0. The molecule has 0 unspecified atom stereocenters. The Morgan fingerprint density at radius 3 is 2.00 bits per heavy atom. The molecular weight excluding hydrogens is 410 g/mol. The standard InChI is InChI=1S/C25H23NO6/c1-4-31-25(30)21-15(2)22(26-16(21)3)20(27)14-32-24(29)19-12-10-18(11-13-19)23(28)17-8-6-5-7-9-17/h5-13,26H,4,14H2,1-3H3. The number of hydrogen-bond donors (Lipinski definition) is 1. The normalized spacial score (nSPS) is 10.5. The summed E-state index contributed by atoms with van der Waals surface area (Å²) in [6.45, 7) is 4.73. The lowest BCUT2D eigenvalue weighted by Crippen LogP contribution is -2.16. The molecule has 164 valence electrons. The zero-order valence-corrected chi connectivity index (χ0v) is 18.1. The van der Waals surface area contributed by atoms with E-state index in [1.807, 2.05) is 6.07 Å². The highest BCUT2D eigenvalue weighted by molar-refractivity contribution is 6.09. The van der Waals surface area contributed by atoms with Crippen LogP contribution in [0, 0.1) is 13.8 Å². The Kier molecular flexibility index (Phi) is 7.00. The van der Waals surface area contributed by atoms with Crippen molar-refractivity contribution in [2.75, 3.05) is 13.2 Å². The second-order valence-corrected chi connectivity index (χ2v) is 7.12. The molecule has 0 spiro atoms. The summed E-state index contributed by atoms with van der Waals surface area (Å²) in [7, 11) is 0. The molecule has 0 bridgehead atoms. The number of rotatable bonds is 8. The fourth-order valence-electron chi connectivity index (χ4n) is 3.34. The summed E-state index contributed by atoms with van der Waals surface area (Å²) in [5.41, 5.74) is 2.66. The molecule has 0 amide bonds. The van der Waals surface area contributed by atoms with Gasteiger partial charge in [-0.15, -0.1) is 0 Å². The number of H-pyrrole nitrogens is 1. The van der Waals surface area contributed by atoms with Crippen LogP contribution in [0.3, 0.4) is 0 Å². The van der Waals surface area contributed by atoms with E-state index < -0.39 is 24.3 Å². The van der Waals surface area contributed by atoms with Crippen molar-refractivity contribution in [3.05, 3.63) is 93.8 Å². The third kappa shape index (κ3) is 4.83. The number of esters is 2. The van der Waals surface area contributed by atoms with Crippen molar-refractivity contribution in [2.45, 2.75) is 20.8 Å². The molecule has 0 radical (unpaired) electrons. The molecule has 0 saturated carbocycles. The molecule has 7 heteroatoms. The number of carbonyl (C=O) groups is 4. The average molecular weight is 433 g/mol. The van der Waals surface area contributed by atoms with Gasteiger partial charge in [0.1, 0.15) is 0 Å². The van der Waals surface area contributed by atoms with Crippen LogP contribution >= 0.6 is 0 Å². The van der Waals surface area contributed by atoms with E-state index in [4.69, 9.17) is 9.47 Å². The van der Waals surface area contributed by atoms with Crippen molar-refractivity contribution in [3.63, 3.8) is 0 Å². The topological polar surface area (TPSA) is 103 Å². The monoisotopic (exact) mass is 433 g/mol. The van der Waals surface area contributed by atoms with Crippen molar-refractivity contribution in [3.8, 4) is 0 Å². The molecule has 1 N–H and O–H groups in total. The molecule has 0 aliphatic heterocycles. The van der Waals surface area contributed by atoms with Gasteiger partial charge < -0.3 is 14.5 Å². The van der Waals surface area contributed by atoms with Gasteiger partial charge in [-0.2, -0.15) is 0 Å². The first-order chi connectivity index (χ1) is 15.3. The molecule has 1 heterocycles. The largest absolute Gasteiger partial charge is 0.462 e. The zero-order valence-electron chi connectivity index (χ0n) is 18.1. The Morgan fingerprint density at radius 2 is 1.38 bits per heavy atom. The third-order valence-corrected chi connectivity index (χ3v) is 4.95. The van der Waals surface area contributed by atoms with E-state index in [0.29, 0.717) is 27.9 Å². The number of Topliss-reactive ketones (excluding diaryl/α,β-unsaturated/α-hetero) is 1. The maximum absolute atomic E-state index is 12.5. The molecule has 0 saturated heterocycles. The summed E-state index contributed by atoms with van der Waals surface area (Å²) in [5.74, 6) is -1.83. The fourth-order valence-corrected chi connectivity index (χ4v) is 3.34. The van der Waals surface area contributed by atoms with Gasteiger partial charge in [0.05, 0.1) is 23.4 Å². The van der Waals surface area contributed by atoms with Crippen LogP contribution in [0.1, 0.15) is 65.3 Å². The smallest absolute Gasteiger partial charge is 0.340 e. The zero-order chi connectivity index (χ0) is 23.3. The number of aromatic amines is 1. The Labute approximate surface area is 185 Å². The van der Waals surface area contributed by atoms with Crippen LogP contribution in [0.15, 0.2) is 54.6 Å². The SMILES string of the molecule is CCOC(=O)c1c(C)[nH]c(C(=O)COC(=O)c2ccc(C(=O)c3ccccc3)cc2)c1C. The van der Waals surface area contributed by atoms with Gasteiger partial charge in [-0.1, -0.05) is 42.5 Å². The van der Waals surface area contributed by atoms with Gasteiger partial charge in [0, 0.05) is 16.8 Å². The summed E-state index contributed by atoms with van der Waals surface area (Å²) in [6.07, 6.45) is 0. The van der Waals surface area contributed by atoms with E-state index in [2.05, 4.69) is 4.98 Å². The first kappa shape index (κ1) is 22.7. The summed E-state index contributed by atoms with van der Waals surface area (Å²) < 4.78 is 10.1. The number of hydrogen-bond acceptors (Lipinski definition) is 6. The molecule has 1 aromatic heterocycles. The van der Waals surface area contributed by atoms with Crippen LogP contribution in [-0.2, 0) is 9.47 Å². The summed E-state index contributed by atoms with van der Waals surface area (Å²) >= 11 is 0. The number of aromatic nitrogens is 1. The number of aryl methyl sites for hydroxylation is 1. The predicted octanol–water partition coefficient (Wildman–Crippen LogP) is 4.08. The Bertz CT molecular complexity index is 1160. The molecular formula is C25H23NO6. The highest BCUT2D eigenvalue weighted by Gasteiger charge is 2.23. The van der Waals surface area contributed by atoms with Crippen molar-refractivity contribution >= 4 is 23.5 Å². The Hall–Kier alpha value is -4.00. The van der Waals surface area contributed by atoms with Crippen molar-refractivity contribution in [1.82, 2.24) is 4.98 Å². The fraction of sp³-hybridized carbons (Fsp3) is 0.200. The first-order valence-corrected chi connectivity index (χ1v) is 10.1. The molecule has 3 aromatic rings. The maximum Gasteiger partial charge on any atom is 0.340 e. The van der Waals surface area contributed by atoms with E-state index in [0.717, 1.165) is 0 Å². The van der Waals surface area contributed by atoms with Crippen LogP contribution in [0.5, 0.6) is 0 Å². The molecule has 0 fully saturated rings. The van der Waals surface area contributed by atoms with Gasteiger partial charge in [0.15, 0.2) is 12.4 Å². The maximum atomic E-state index is 12.5. The van der Waals surface area contributed by atoms with Crippen molar-refractivity contribution in [2.24, 2.45) is 0 Å². The average Bonchev–Trinajstić information content (AvgIpc) is 3.11. The molecule has 3 rings (SSSR count). The third-order valence-electron chi connectivity index (χ3n) is 4.95. The second kappa shape index (κ2) is 9.87. The highest BCUT2D eigenvalue weighted by Crippen LogP contribution is 2.20. The lowest BCUT2D eigenvalue weighted by Gasteiger charge is -2.06. The molecule has 32 heavy (non-hydrogen) atoms. The van der Waals surface area contributed by atoms with Crippen LogP contribution in [0.25, 0.3) is 0 Å². The van der Waals surface area contributed by atoms with E-state index >= 15 is 0 Å². The molecule has 0 atom stereocenters. The number of benzene rings is 2. The van der Waals surface area contributed by atoms with Crippen LogP contribution in [0.2, 0.25) is 0 Å². The van der Waals surface area contributed by atoms with Crippen LogP contribution in [0.4, 0.5) is 0 Å². The number of carbonyl (C=O) groups excluding carboxylic acids is 4. The van der Waals surface area contributed by atoms with E-state index in [1.165, 1.54) is 24.3 Å². The Balaban J connectivity index is 1.65.